The molecule has 0 N–H and O–H groups in total. The molecule has 6 nitrogen and oxygen atoms in total. The van der Waals surface area contributed by atoms with Crippen LogP contribution in [0.15, 0.2) is 87.8 Å². The molecular formula is C24H17N3O3. The van der Waals surface area contributed by atoms with Crippen LogP contribution in [-0.2, 0) is 27.2 Å². The van der Waals surface area contributed by atoms with Crippen molar-refractivity contribution >= 4 is 35.3 Å². The van der Waals surface area contributed by atoms with Gasteiger partial charge in [0.05, 0.1) is 17.1 Å². The molecule has 30 heavy (non-hydrogen) atoms. The van der Waals surface area contributed by atoms with Crippen molar-refractivity contribution in [2.45, 2.75) is 18.8 Å². The van der Waals surface area contributed by atoms with Gasteiger partial charge in [0.25, 0.3) is 0 Å². The summed E-state index contributed by atoms with van der Waals surface area (Å²) in [5, 5.41) is 0. The molecule has 0 unspecified atom stereocenters. The van der Waals surface area contributed by atoms with Crippen LogP contribution in [0.2, 0.25) is 0 Å². The van der Waals surface area contributed by atoms with Gasteiger partial charge in [-0.1, -0.05) is 36.4 Å². The number of hydrogen-bond donors (Lipinski definition) is 0. The Kier molecular flexibility index (Phi) is 7.10. The first-order valence-electron chi connectivity index (χ1n) is 9.23. The van der Waals surface area contributed by atoms with Gasteiger partial charge in [0.15, 0.2) is 0 Å². The Balaban J connectivity index is 1.87. The Bertz CT molecular complexity index is 1070. The minimum atomic E-state index is 0.153. The number of isocyanates is 3. The quantitative estimate of drug-likeness (QED) is 0.390. The minimum absolute atomic E-state index is 0.153. The number of rotatable bonds is 8. The maximum absolute atomic E-state index is 10.5. The van der Waals surface area contributed by atoms with Gasteiger partial charge in [0.2, 0.25) is 18.2 Å². The van der Waals surface area contributed by atoms with Crippen molar-refractivity contribution in [3.63, 3.8) is 0 Å². The summed E-state index contributed by atoms with van der Waals surface area (Å²) in [6, 6.07) is 22.4. The lowest BCUT2D eigenvalue weighted by Gasteiger charge is -2.18. The minimum Gasteiger partial charge on any atom is -0.211 e. The molecule has 0 heterocycles. The Labute approximate surface area is 173 Å². The maximum atomic E-state index is 10.5. The summed E-state index contributed by atoms with van der Waals surface area (Å²) in [5.41, 5.74) is 4.98. The predicted octanol–water partition coefficient (Wildman–Crippen LogP) is 5.16. The zero-order valence-electron chi connectivity index (χ0n) is 16.0. The molecule has 0 aliphatic heterocycles. The second-order valence-electron chi connectivity index (χ2n) is 6.64. The van der Waals surface area contributed by atoms with E-state index in [0.29, 0.717) is 17.1 Å². The van der Waals surface area contributed by atoms with Crippen LogP contribution in [0.1, 0.15) is 22.6 Å². The van der Waals surface area contributed by atoms with E-state index in [4.69, 9.17) is 0 Å². The van der Waals surface area contributed by atoms with Gasteiger partial charge in [-0.2, -0.15) is 15.0 Å². The number of aliphatic imine (C=N–C) groups is 3. The fraction of sp³-hybridized carbons (Fsp3) is 0.125. The maximum Gasteiger partial charge on any atom is 0.240 e. The molecule has 3 rings (SSSR count). The highest BCUT2D eigenvalue weighted by atomic mass is 16.1. The summed E-state index contributed by atoms with van der Waals surface area (Å²) in [5.74, 6) is 0.153. The van der Waals surface area contributed by atoms with Gasteiger partial charge in [0.1, 0.15) is 0 Å². The summed E-state index contributed by atoms with van der Waals surface area (Å²) in [6.07, 6.45) is 6.14. The first kappa shape index (κ1) is 20.5. The lowest BCUT2D eigenvalue weighted by molar-refractivity contribution is 0.564. The smallest absolute Gasteiger partial charge is 0.211 e. The van der Waals surface area contributed by atoms with Crippen LogP contribution in [0.4, 0.5) is 17.1 Å². The molecular weight excluding hydrogens is 378 g/mol. The third kappa shape index (κ3) is 5.65. The average Bonchev–Trinajstić information content (AvgIpc) is 2.77. The summed E-state index contributed by atoms with van der Waals surface area (Å²) < 4.78 is 0. The highest BCUT2D eigenvalue weighted by Crippen LogP contribution is 2.28. The first-order chi connectivity index (χ1) is 14.7. The van der Waals surface area contributed by atoms with Gasteiger partial charge in [-0.3, -0.25) is 0 Å². The predicted molar refractivity (Wildman–Crippen MR) is 113 cm³/mol. The molecule has 3 aromatic rings. The first-order valence-corrected chi connectivity index (χ1v) is 9.23. The molecule has 0 bridgehead atoms. The monoisotopic (exact) mass is 395 g/mol. The fourth-order valence-electron chi connectivity index (χ4n) is 3.27. The fourth-order valence-corrected chi connectivity index (χ4v) is 3.27. The van der Waals surface area contributed by atoms with Crippen LogP contribution < -0.4 is 0 Å². The van der Waals surface area contributed by atoms with Gasteiger partial charge >= 0.3 is 0 Å². The Morgan fingerprint density at radius 3 is 1.20 bits per heavy atom. The van der Waals surface area contributed by atoms with Crippen molar-refractivity contribution < 1.29 is 14.4 Å². The number of benzene rings is 3. The lowest BCUT2D eigenvalue weighted by atomic mass is 9.86. The molecule has 0 aromatic heterocycles. The molecule has 0 radical (unpaired) electrons. The van der Waals surface area contributed by atoms with E-state index in [0.717, 1.165) is 29.5 Å². The average molecular weight is 395 g/mol. The van der Waals surface area contributed by atoms with Crippen LogP contribution in [0.5, 0.6) is 0 Å². The van der Waals surface area contributed by atoms with Crippen molar-refractivity contribution in [2.24, 2.45) is 15.0 Å². The molecule has 6 heteroatoms. The zero-order chi connectivity index (χ0) is 21.2. The van der Waals surface area contributed by atoms with Crippen molar-refractivity contribution in [2.75, 3.05) is 0 Å². The third-order valence-corrected chi connectivity index (χ3v) is 4.73. The van der Waals surface area contributed by atoms with Crippen LogP contribution in [-0.4, -0.2) is 18.2 Å². The second kappa shape index (κ2) is 10.4. The van der Waals surface area contributed by atoms with Gasteiger partial charge < -0.3 is 0 Å². The largest absolute Gasteiger partial charge is 0.240 e. The number of hydrogen-bond acceptors (Lipinski definition) is 6. The van der Waals surface area contributed by atoms with Gasteiger partial charge in [-0.15, -0.1) is 0 Å². The van der Waals surface area contributed by atoms with Gasteiger partial charge in [-0.25, -0.2) is 14.4 Å². The van der Waals surface area contributed by atoms with Crippen LogP contribution in [0.3, 0.4) is 0 Å². The molecule has 0 atom stereocenters. The van der Waals surface area contributed by atoms with E-state index in [1.165, 1.54) is 12.2 Å². The molecule has 3 aromatic carbocycles. The Morgan fingerprint density at radius 2 is 0.867 bits per heavy atom. The van der Waals surface area contributed by atoms with Crippen molar-refractivity contribution in [1.29, 1.82) is 0 Å². The number of carbonyl (C=O) groups excluding carboxylic acids is 3. The summed E-state index contributed by atoms with van der Waals surface area (Å²) in [7, 11) is 0. The second-order valence-corrected chi connectivity index (χ2v) is 6.64. The summed E-state index contributed by atoms with van der Waals surface area (Å²) in [4.78, 5) is 42.2. The van der Waals surface area contributed by atoms with Crippen LogP contribution >= 0.6 is 0 Å². The Hall–Kier alpha value is -4.20. The van der Waals surface area contributed by atoms with E-state index in [1.807, 2.05) is 36.4 Å². The molecule has 0 amide bonds. The molecule has 0 saturated heterocycles. The summed E-state index contributed by atoms with van der Waals surface area (Å²) in [6.45, 7) is 0. The highest BCUT2D eigenvalue weighted by molar-refractivity contribution is 5.51. The van der Waals surface area contributed by atoms with Crippen LogP contribution in [0, 0.1) is 0 Å². The topological polar surface area (TPSA) is 88.3 Å². The van der Waals surface area contributed by atoms with E-state index in [1.54, 1.807) is 42.5 Å². The van der Waals surface area contributed by atoms with E-state index in [2.05, 4.69) is 15.0 Å². The van der Waals surface area contributed by atoms with Crippen molar-refractivity contribution in [3.05, 3.63) is 89.5 Å². The third-order valence-electron chi connectivity index (χ3n) is 4.73. The van der Waals surface area contributed by atoms with Crippen molar-refractivity contribution in [1.82, 2.24) is 0 Å². The van der Waals surface area contributed by atoms with E-state index in [9.17, 15) is 14.4 Å². The molecule has 0 saturated carbocycles. The molecule has 0 spiro atoms. The SMILES string of the molecule is O=C=Nc1ccc(CC(Cc2ccc(N=C=O)cc2)c2ccc(N=C=O)cc2)cc1. The molecule has 0 fully saturated rings. The molecule has 0 aliphatic carbocycles. The van der Waals surface area contributed by atoms with Crippen LogP contribution in [0.25, 0.3) is 0 Å². The summed E-state index contributed by atoms with van der Waals surface area (Å²) >= 11 is 0. The van der Waals surface area contributed by atoms with Gasteiger partial charge in [-0.05, 0) is 71.8 Å². The number of nitrogens with zero attached hydrogens (tertiary/aromatic N) is 3. The van der Waals surface area contributed by atoms with E-state index in [-0.39, 0.29) is 5.92 Å². The highest BCUT2D eigenvalue weighted by Gasteiger charge is 2.14. The molecule has 146 valence electrons. The normalized spacial score (nSPS) is 10.8. The van der Waals surface area contributed by atoms with E-state index >= 15 is 0 Å². The van der Waals surface area contributed by atoms with Crippen molar-refractivity contribution in [3.8, 4) is 0 Å². The van der Waals surface area contributed by atoms with Gasteiger partial charge in [0, 0.05) is 0 Å². The standard InChI is InChI=1S/C24H17N3O3/c28-15-25-22-7-1-18(2-8-22)13-21(20-5-11-24(12-6-20)27-17-30)14-19-3-9-23(10-4-19)26-16-29/h1-12,21H,13-14H2. The van der Waals surface area contributed by atoms with E-state index < -0.39 is 0 Å². The zero-order valence-corrected chi connectivity index (χ0v) is 16.0. The lowest BCUT2D eigenvalue weighted by Crippen LogP contribution is -2.07. The molecule has 0 aliphatic rings. The Morgan fingerprint density at radius 1 is 0.533 bits per heavy atom.